The summed E-state index contributed by atoms with van der Waals surface area (Å²) in [7, 11) is -3.46. The van der Waals surface area contributed by atoms with Gasteiger partial charge in [0, 0.05) is 24.5 Å². The van der Waals surface area contributed by atoms with Crippen molar-refractivity contribution in [2.45, 2.75) is 38.1 Å². The van der Waals surface area contributed by atoms with Gasteiger partial charge in [-0.3, -0.25) is 14.4 Å². The summed E-state index contributed by atoms with van der Waals surface area (Å²) in [5.41, 5.74) is 9.28. The number of carbonyl (C=O) groups is 4. The van der Waals surface area contributed by atoms with Crippen LogP contribution in [0.5, 0.6) is 5.75 Å². The molecule has 2 aromatic heterocycles. The Morgan fingerprint density at radius 2 is 2.04 bits per heavy atom. The van der Waals surface area contributed by atoms with Crippen molar-refractivity contribution in [3.63, 3.8) is 0 Å². The smallest absolute Gasteiger partial charge is 0.351 e. The molecule has 2 atom stereocenters. The number of primary amides is 1. The van der Waals surface area contributed by atoms with Gasteiger partial charge in [-0.15, -0.1) is 16.0 Å². The van der Waals surface area contributed by atoms with Crippen molar-refractivity contribution in [2.24, 2.45) is 23.4 Å². The van der Waals surface area contributed by atoms with Gasteiger partial charge in [-0.05, 0) is 26.0 Å². The molecule has 0 spiro atoms. The average molecular weight is 710 g/mol. The molecule has 3 amide bonds. The van der Waals surface area contributed by atoms with Gasteiger partial charge in [-0.25, -0.2) is 18.2 Å². The van der Waals surface area contributed by atoms with Crippen LogP contribution in [0.3, 0.4) is 0 Å². The highest BCUT2D eigenvalue weighted by Gasteiger charge is 2.57. The Bertz CT molecular complexity index is 1940. The Kier molecular flexibility index (Phi) is 9.05. The SMILES string of the molecule is C[n+]1c2ccc(OC[C@H](O/N=C(\C(=O)NC3C(=O)N(OS(=O)(=O)[O-])C3(C)C)c3csc(N)n3)C(=O)O)cc2cn1CC1(C(N)=O)CNC1. The number of thiazole rings is 1. The highest BCUT2D eigenvalue weighted by molar-refractivity contribution is 7.80. The number of carboxylic acid groups (broad SMARTS) is 1. The number of nitrogens with two attached hydrogens (primary N) is 2. The lowest BCUT2D eigenvalue weighted by molar-refractivity contribution is -0.731. The van der Waals surface area contributed by atoms with Crippen LogP contribution in [-0.4, -0.2) is 99.6 Å². The third-order valence-electron chi connectivity index (χ3n) is 7.98. The van der Waals surface area contributed by atoms with E-state index in [0.29, 0.717) is 24.7 Å². The fourth-order valence-electron chi connectivity index (χ4n) is 5.11. The van der Waals surface area contributed by atoms with Crippen molar-refractivity contribution in [1.29, 1.82) is 0 Å². The number of benzene rings is 1. The van der Waals surface area contributed by atoms with E-state index in [4.69, 9.17) is 21.0 Å². The zero-order valence-corrected chi connectivity index (χ0v) is 27.2. The van der Waals surface area contributed by atoms with Crippen LogP contribution in [0, 0.1) is 5.41 Å². The lowest BCUT2D eigenvalue weighted by Crippen LogP contribution is -2.76. The molecule has 5 rings (SSSR count). The Hall–Kier alpha value is -4.90. The first-order chi connectivity index (χ1) is 22.4. The molecule has 0 saturated carbocycles. The number of nitrogen functional groups attached to an aromatic ring is 1. The van der Waals surface area contributed by atoms with Gasteiger partial charge in [0.1, 0.15) is 24.1 Å². The van der Waals surface area contributed by atoms with Crippen molar-refractivity contribution in [3.8, 4) is 5.75 Å². The maximum absolute atomic E-state index is 13.2. The predicted molar refractivity (Wildman–Crippen MR) is 162 cm³/mol. The normalized spacial score (nSPS) is 19.2. The Balaban J connectivity index is 1.30. The summed E-state index contributed by atoms with van der Waals surface area (Å²) in [5, 5.41) is 21.3. The molecule has 20 nitrogen and oxygen atoms in total. The number of fused-ring (bicyclic) bond motifs is 1. The van der Waals surface area contributed by atoms with E-state index in [1.54, 1.807) is 18.2 Å². The topological polar surface area (TPSA) is 287 Å². The van der Waals surface area contributed by atoms with Gasteiger partial charge in [0.05, 0.1) is 29.1 Å². The number of anilines is 1. The van der Waals surface area contributed by atoms with Gasteiger partial charge < -0.3 is 41.3 Å². The number of carbonyl (C=O) groups excluding carboxylic acids is 3. The predicted octanol–water partition coefficient (Wildman–Crippen LogP) is -2.67. The maximum Gasteiger partial charge on any atom is 0.351 e. The lowest BCUT2D eigenvalue weighted by atomic mass is 9.81. The first-order valence-electron chi connectivity index (χ1n) is 14.0. The summed E-state index contributed by atoms with van der Waals surface area (Å²) in [6.07, 6.45) is 0.0826. The molecule has 22 heteroatoms. The summed E-state index contributed by atoms with van der Waals surface area (Å²) in [5.74, 6) is -3.70. The van der Waals surface area contributed by atoms with Crippen LogP contribution in [0.1, 0.15) is 19.5 Å². The first kappa shape index (κ1) is 34.4. The van der Waals surface area contributed by atoms with Gasteiger partial charge in [0.25, 0.3) is 17.9 Å². The standard InChI is InChI=1S/C26H31N9O11S2/c1-25(2)19(21(37)35(25)46-48(41,42)43)31-20(36)18(15-9-47-24(28)30-15)32-45-17(22(38)39)8-44-14-4-5-16-13(6-14)7-34(33(16)3)12-26(23(27)40)10-29-11-26/h4-7,9,17,19,29H,8,10-12H2,1-3H3,(H6-,27,28,30,31,36,38,39,40,41,42,43)/b32-18-/t17-,19?/m0/s1. The molecule has 7 N–H and O–H groups in total. The fraction of sp³-hybridized carbons (Fsp3) is 0.423. The monoisotopic (exact) mass is 709 g/mol. The average Bonchev–Trinajstić information content (AvgIpc) is 3.54. The summed E-state index contributed by atoms with van der Waals surface area (Å²) in [4.78, 5) is 59.0. The number of β-lactam (4-membered cyclic amide) rings is 1. The summed E-state index contributed by atoms with van der Waals surface area (Å²) < 4.78 is 46.6. The van der Waals surface area contributed by atoms with Crippen LogP contribution in [0.2, 0.25) is 0 Å². The number of nitrogens with zero attached hydrogens (tertiary/aromatic N) is 5. The van der Waals surface area contributed by atoms with E-state index in [2.05, 4.69) is 25.1 Å². The van der Waals surface area contributed by atoms with Crippen LogP contribution in [0.15, 0.2) is 34.9 Å². The van der Waals surface area contributed by atoms with Crippen LogP contribution in [-0.2, 0) is 52.3 Å². The Morgan fingerprint density at radius 1 is 1.33 bits per heavy atom. The van der Waals surface area contributed by atoms with E-state index in [-0.39, 0.29) is 16.6 Å². The molecule has 2 saturated heterocycles. The second kappa shape index (κ2) is 12.6. The van der Waals surface area contributed by atoms with E-state index < -0.39 is 69.5 Å². The summed E-state index contributed by atoms with van der Waals surface area (Å²) in [6.45, 7) is 3.38. The summed E-state index contributed by atoms with van der Waals surface area (Å²) >= 11 is 0.939. The molecule has 0 radical (unpaired) electrons. The van der Waals surface area contributed by atoms with Crippen molar-refractivity contribution >= 4 is 67.2 Å². The van der Waals surface area contributed by atoms with Crippen molar-refractivity contribution in [3.05, 3.63) is 35.5 Å². The van der Waals surface area contributed by atoms with Crippen molar-refractivity contribution < 1.29 is 55.8 Å². The highest BCUT2D eigenvalue weighted by Crippen LogP contribution is 2.33. The van der Waals surface area contributed by atoms with Crippen LogP contribution in [0.25, 0.3) is 10.9 Å². The molecule has 1 aromatic carbocycles. The van der Waals surface area contributed by atoms with Crippen LogP contribution < -0.4 is 31.5 Å². The third-order valence-corrected chi connectivity index (χ3v) is 8.99. The van der Waals surface area contributed by atoms with E-state index in [0.717, 1.165) is 22.2 Å². The highest BCUT2D eigenvalue weighted by atomic mass is 32.3. The minimum absolute atomic E-state index is 0.0377. The minimum atomic E-state index is -5.28. The quantitative estimate of drug-likeness (QED) is 0.0285. The first-order valence-corrected chi connectivity index (χ1v) is 16.2. The van der Waals surface area contributed by atoms with Gasteiger partial charge in [-0.1, -0.05) is 5.16 Å². The molecule has 258 valence electrons. The zero-order valence-electron chi connectivity index (χ0n) is 25.6. The van der Waals surface area contributed by atoms with Gasteiger partial charge in [0.15, 0.2) is 17.9 Å². The van der Waals surface area contributed by atoms with Crippen molar-refractivity contribution in [2.75, 3.05) is 25.4 Å². The number of carboxylic acids is 1. The number of hydroxylamine groups is 2. The minimum Gasteiger partial charge on any atom is -0.724 e. The maximum atomic E-state index is 13.2. The number of aryl methyl sites for hydroxylation is 1. The summed E-state index contributed by atoms with van der Waals surface area (Å²) in [6, 6.07) is 3.67. The number of nitrogens with one attached hydrogen (secondary N) is 2. The van der Waals surface area contributed by atoms with E-state index in [1.165, 1.54) is 19.2 Å². The number of ether oxygens (including phenoxy) is 1. The molecule has 2 aliphatic rings. The molecule has 4 heterocycles. The molecule has 2 aliphatic heterocycles. The molecular formula is C26H31N9O11S2. The van der Waals surface area contributed by atoms with Gasteiger partial charge in [0.2, 0.25) is 21.8 Å². The van der Waals surface area contributed by atoms with Crippen LogP contribution in [0.4, 0.5) is 5.13 Å². The number of aliphatic carboxylic acids is 1. The van der Waals surface area contributed by atoms with Crippen LogP contribution >= 0.6 is 11.3 Å². The Labute approximate surface area is 276 Å². The van der Waals surface area contributed by atoms with E-state index in [1.807, 2.05) is 22.6 Å². The van der Waals surface area contributed by atoms with Gasteiger partial charge in [-0.2, -0.15) is 14.0 Å². The molecule has 2 fully saturated rings. The van der Waals surface area contributed by atoms with Crippen molar-refractivity contribution in [1.82, 2.24) is 25.4 Å². The second-order valence-corrected chi connectivity index (χ2v) is 13.5. The molecule has 0 bridgehead atoms. The number of aromatic nitrogens is 3. The molecular weight excluding hydrogens is 678 g/mol. The van der Waals surface area contributed by atoms with Gasteiger partial charge >= 0.3 is 5.97 Å². The number of amides is 3. The number of hydrogen-bond donors (Lipinski definition) is 5. The molecule has 1 unspecified atom stereocenters. The largest absolute Gasteiger partial charge is 0.724 e. The Morgan fingerprint density at radius 3 is 2.58 bits per heavy atom. The number of oxime groups is 1. The third kappa shape index (κ3) is 6.73. The fourth-order valence-corrected chi connectivity index (χ4v) is 6.11. The molecule has 0 aliphatic carbocycles. The van der Waals surface area contributed by atoms with E-state index in [9.17, 15) is 37.3 Å². The van der Waals surface area contributed by atoms with E-state index >= 15 is 0 Å². The number of hydrogen-bond acceptors (Lipinski definition) is 15. The molecule has 3 aromatic rings. The molecule has 48 heavy (non-hydrogen) atoms. The number of rotatable bonds is 14. The lowest BCUT2D eigenvalue weighted by Gasteiger charge is -2.51. The second-order valence-electron chi connectivity index (χ2n) is 11.6. The zero-order chi connectivity index (χ0) is 35.2.